The molecule has 1 heterocycles. The molecule has 0 radical (unpaired) electrons. The average molecular weight is 295 g/mol. The maximum atomic E-state index is 13.6. The van der Waals surface area contributed by atoms with Crippen LogP contribution in [0.4, 0.5) is 4.39 Å². The molecule has 1 N–H and O–H groups in total. The first-order chi connectivity index (χ1) is 9.97. The molecule has 1 saturated heterocycles. The van der Waals surface area contributed by atoms with E-state index < -0.39 is 11.9 Å². The van der Waals surface area contributed by atoms with Crippen molar-refractivity contribution in [3.63, 3.8) is 0 Å². The fraction of sp³-hybridized carbons (Fsp3) is 0.562. The van der Waals surface area contributed by atoms with E-state index in [1.807, 2.05) is 6.92 Å². The molecule has 0 aromatic heterocycles. The number of carbonyl (C=O) groups excluding carboxylic acids is 1. The van der Waals surface area contributed by atoms with E-state index in [2.05, 4.69) is 0 Å². The number of likely N-dealkylation sites (tertiary alicyclic amines) is 1. The largest absolute Gasteiger partial charge is 0.481 e. The van der Waals surface area contributed by atoms with Gasteiger partial charge in [-0.25, -0.2) is 4.39 Å². The Morgan fingerprint density at radius 1 is 1.57 bits per heavy atom. The van der Waals surface area contributed by atoms with Gasteiger partial charge < -0.3 is 14.7 Å². The van der Waals surface area contributed by atoms with Crippen LogP contribution in [0.3, 0.4) is 0 Å². The van der Waals surface area contributed by atoms with E-state index >= 15 is 0 Å². The molecular weight excluding hydrogens is 273 g/mol. The molecule has 5 heteroatoms. The third-order valence-electron chi connectivity index (χ3n) is 3.75. The Balaban J connectivity index is 1.93. The quantitative estimate of drug-likeness (QED) is 0.906. The molecular formula is C16H22FNO3. The van der Waals surface area contributed by atoms with Crippen LogP contribution in [0.5, 0.6) is 5.75 Å². The molecule has 1 amide bonds. The van der Waals surface area contributed by atoms with Gasteiger partial charge in [0.15, 0.2) is 18.2 Å². The van der Waals surface area contributed by atoms with Gasteiger partial charge in [0.1, 0.15) is 0 Å². The van der Waals surface area contributed by atoms with Crippen LogP contribution in [-0.2, 0) is 4.79 Å². The van der Waals surface area contributed by atoms with E-state index in [1.54, 1.807) is 24.0 Å². The van der Waals surface area contributed by atoms with Crippen molar-refractivity contribution in [2.24, 2.45) is 0 Å². The number of aliphatic hydroxyl groups excluding tert-OH is 1. The van der Waals surface area contributed by atoms with E-state index in [-0.39, 0.29) is 24.3 Å². The fourth-order valence-electron chi connectivity index (χ4n) is 2.75. The summed E-state index contributed by atoms with van der Waals surface area (Å²) >= 11 is 0. The van der Waals surface area contributed by atoms with Crippen molar-refractivity contribution in [1.82, 2.24) is 4.90 Å². The number of amides is 1. The predicted molar refractivity (Wildman–Crippen MR) is 77.7 cm³/mol. The Bertz CT molecular complexity index is 504. The SMILES string of the molecule is Cc1ccc(F)c(OCC(=O)N2CCCC2CC(C)O)c1. The molecule has 2 unspecified atom stereocenters. The van der Waals surface area contributed by atoms with Crippen molar-refractivity contribution < 1.29 is 19.0 Å². The minimum atomic E-state index is -0.463. The smallest absolute Gasteiger partial charge is 0.260 e. The van der Waals surface area contributed by atoms with E-state index in [0.717, 1.165) is 18.4 Å². The lowest BCUT2D eigenvalue weighted by molar-refractivity contribution is -0.134. The lowest BCUT2D eigenvalue weighted by atomic mass is 10.1. The lowest BCUT2D eigenvalue weighted by Crippen LogP contribution is -2.40. The van der Waals surface area contributed by atoms with E-state index in [9.17, 15) is 14.3 Å². The van der Waals surface area contributed by atoms with Gasteiger partial charge >= 0.3 is 0 Å². The highest BCUT2D eigenvalue weighted by atomic mass is 19.1. The van der Waals surface area contributed by atoms with Crippen LogP contribution in [-0.4, -0.2) is 41.2 Å². The molecule has 1 fully saturated rings. The zero-order valence-electron chi connectivity index (χ0n) is 12.5. The number of rotatable bonds is 5. The number of ether oxygens (including phenoxy) is 1. The van der Waals surface area contributed by atoms with Crippen LogP contribution >= 0.6 is 0 Å². The molecule has 0 saturated carbocycles. The minimum Gasteiger partial charge on any atom is -0.481 e. The second-order valence-corrected chi connectivity index (χ2v) is 5.69. The number of hydrogen-bond acceptors (Lipinski definition) is 3. The molecule has 4 nitrogen and oxygen atoms in total. The van der Waals surface area contributed by atoms with Gasteiger partial charge in [0.2, 0.25) is 0 Å². The summed E-state index contributed by atoms with van der Waals surface area (Å²) in [6.07, 6.45) is 1.97. The summed E-state index contributed by atoms with van der Waals surface area (Å²) < 4.78 is 18.9. The van der Waals surface area contributed by atoms with Crippen LogP contribution in [0.2, 0.25) is 0 Å². The minimum absolute atomic E-state index is 0.0588. The van der Waals surface area contributed by atoms with Gasteiger partial charge in [0.05, 0.1) is 6.10 Å². The normalized spacial score (nSPS) is 19.6. The van der Waals surface area contributed by atoms with Crippen molar-refractivity contribution >= 4 is 5.91 Å². The van der Waals surface area contributed by atoms with Crippen molar-refractivity contribution in [2.75, 3.05) is 13.2 Å². The second kappa shape index (κ2) is 6.89. The van der Waals surface area contributed by atoms with E-state index in [4.69, 9.17) is 4.74 Å². The van der Waals surface area contributed by atoms with Gasteiger partial charge in [-0.1, -0.05) is 6.07 Å². The standard InChI is InChI=1S/C16H22FNO3/c1-11-5-6-14(17)15(8-11)21-10-16(20)18-7-3-4-13(18)9-12(2)19/h5-6,8,12-13,19H,3-4,7,9-10H2,1-2H3. The summed E-state index contributed by atoms with van der Waals surface area (Å²) in [4.78, 5) is 13.9. The zero-order chi connectivity index (χ0) is 15.4. The van der Waals surface area contributed by atoms with Crippen LogP contribution in [0.1, 0.15) is 31.7 Å². The first-order valence-corrected chi connectivity index (χ1v) is 7.34. The summed E-state index contributed by atoms with van der Waals surface area (Å²) in [6.45, 7) is 4.07. The van der Waals surface area contributed by atoms with Crippen LogP contribution in [0.25, 0.3) is 0 Å². The molecule has 21 heavy (non-hydrogen) atoms. The number of nitrogens with zero attached hydrogens (tertiary/aromatic N) is 1. The predicted octanol–water partition coefficient (Wildman–Crippen LogP) is 2.27. The van der Waals surface area contributed by atoms with Gasteiger partial charge in [-0.3, -0.25) is 4.79 Å². The topological polar surface area (TPSA) is 49.8 Å². The molecule has 116 valence electrons. The van der Waals surface area contributed by atoms with E-state index in [0.29, 0.717) is 13.0 Å². The molecule has 2 rings (SSSR count). The highest BCUT2D eigenvalue weighted by Gasteiger charge is 2.29. The highest BCUT2D eigenvalue weighted by molar-refractivity contribution is 5.78. The summed E-state index contributed by atoms with van der Waals surface area (Å²) in [5, 5.41) is 9.47. The summed E-state index contributed by atoms with van der Waals surface area (Å²) in [5.74, 6) is -0.510. The van der Waals surface area contributed by atoms with E-state index in [1.165, 1.54) is 6.07 Å². The number of halogens is 1. The summed E-state index contributed by atoms with van der Waals surface area (Å²) in [5.41, 5.74) is 0.881. The first-order valence-electron chi connectivity index (χ1n) is 7.34. The van der Waals surface area contributed by atoms with Crippen LogP contribution < -0.4 is 4.74 Å². The molecule has 1 aromatic rings. The molecule has 1 aliphatic heterocycles. The van der Waals surface area contributed by atoms with Gasteiger partial charge in [-0.05, 0) is 50.8 Å². The second-order valence-electron chi connectivity index (χ2n) is 5.69. The number of benzene rings is 1. The molecule has 1 aliphatic rings. The Morgan fingerprint density at radius 2 is 2.33 bits per heavy atom. The Labute approximate surface area is 124 Å². The van der Waals surface area contributed by atoms with Gasteiger partial charge in [0.25, 0.3) is 5.91 Å². The molecule has 0 aliphatic carbocycles. The maximum absolute atomic E-state index is 13.6. The fourth-order valence-corrected chi connectivity index (χ4v) is 2.75. The molecule has 2 atom stereocenters. The molecule has 1 aromatic carbocycles. The maximum Gasteiger partial charge on any atom is 0.260 e. The summed E-state index contributed by atoms with van der Waals surface area (Å²) in [6, 6.07) is 4.63. The molecule has 0 bridgehead atoms. The van der Waals surface area contributed by atoms with Gasteiger partial charge in [0, 0.05) is 12.6 Å². The number of aliphatic hydroxyl groups is 1. The van der Waals surface area contributed by atoms with Crippen molar-refractivity contribution in [1.29, 1.82) is 0 Å². The van der Waals surface area contributed by atoms with Crippen molar-refractivity contribution in [2.45, 2.75) is 45.3 Å². The number of hydrogen-bond donors (Lipinski definition) is 1. The van der Waals surface area contributed by atoms with Crippen molar-refractivity contribution in [3.8, 4) is 5.75 Å². The number of carbonyl (C=O) groups is 1. The lowest BCUT2D eigenvalue weighted by Gasteiger charge is -2.25. The zero-order valence-corrected chi connectivity index (χ0v) is 12.5. The Kier molecular flexibility index (Phi) is 5.17. The summed E-state index contributed by atoms with van der Waals surface area (Å²) in [7, 11) is 0. The third-order valence-corrected chi connectivity index (χ3v) is 3.75. The third kappa shape index (κ3) is 4.17. The van der Waals surface area contributed by atoms with Gasteiger partial charge in [-0.2, -0.15) is 0 Å². The highest BCUT2D eigenvalue weighted by Crippen LogP contribution is 2.23. The Hall–Kier alpha value is -1.62. The Morgan fingerprint density at radius 3 is 3.05 bits per heavy atom. The van der Waals surface area contributed by atoms with Gasteiger partial charge in [-0.15, -0.1) is 0 Å². The number of aryl methyl sites for hydroxylation is 1. The van der Waals surface area contributed by atoms with Crippen molar-refractivity contribution in [3.05, 3.63) is 29.6 Å². The van der Waals surface area contributed by atoms with Crippen LogP contribution in [0.15, 0.2) is 18.2 Å². The first kappa shape index (κ1) is 15.8. The van der Waals surface area contributed by atoms with Crippen LogP contribution in [0, 0.1) is 12.7 Å². The monoisotopic (exact) mass is 295 g/mol. The average Bonchev–Trinajstić information content (AvgIpc) is 2.86. The molecule has 0 spiro atoms.